The Labute approximate surface area is 105 Å². The van der Waals surface area contributed by atoms with Crippen molar-refractivity contribution >= 4 is 5.91 Å². The molecule has 1 aliphatic heterocycles. The number of rotatable bonds is 3. The number of hydrogen-bond acceptors (Lipinski definition) is 2. The van der Waals surface area contributed by atoms with Gasteiger partial charge in [-0.25, -0.2) is 0 Å². The molecule has 1 unspecified atom stereocenters. The molecule has 0 radical (unpaired) electrons. The van der Waals surface area contributed by atoms with Gasteiger partial charge in [-0.15, -0.1) is 0 Å². The highest BCUT2D eigenvalue weighted by Gasteiger charge is 2.42. The van der Waals surface area contributed by atoms with E-state index in [1.54, 1.807) is 0 Å². The molecule has 0 bridgehead atoms. The highest BCUT2D eigenvalue weighted by atomic mass is 16.2. The molecule has 2 aliphatic rings. The number of carbonyl (C=O) groups is 1. The normalized spacial score (nSPS) is 28.4. The van der Waals surface area contributed by atoms with Crippen molar-refractivity contribution in [3.63, 3.8) is 0 Å². The van der Waals surface area contributed by atoms with Crippen LogP contribution in [0.4, 0.5) is 0 Å². The second kappa shape index (κ2) is 5.38. The first-order valence-corrected chi connectivity index (χ1v) is 7.21. The van der Waals surface area contributed by atoms with Gasteiger partial charge >= 0.3 is 0 Å². The molecule has 2 rings (SSSR count). The van der Waals surface area contributed by atoms with Crippen LogP contribution in [0.25, 0.3) is 0 Å². The molecule has 3 heteroatoms. The molecule has 3 nitrogen and oxygen atoms in total. The van der Waals surface area contributed by atoms with Gasteiger partial charge in [-0.3, -0.25) is 4.79 Å². The third-order valence-electron chi connectivity index (χ3n) is 4.81. The first-order chi connectivity index (χ1) is 8.22. The minimum Gasteiger partial charge on any atom is -0.342 e. The van der Waals surface area contributed by atoms with E-state index in [1.807, 2.05) is 0 Å². The molecular weight excluding hydrogens is 212 g/mol. The van der Waals surface area contributed by atoms with E-state index < -0.39 is 0 Å². The van der Waals surface area contributed by atoms with Gasteiger partial charge in [0.05, 0.1) is 5.41 Å². The third-order valence-corrected chi connectivity index (χ3v) is 4.81. The summed E-state index contributed by atoms with van der Waals surface area (Å²) in [6, 6.07) is 0. The average molecular weight is 238 g/mol. The fraction of sp³-hybridized carbons (Fsp3) is 0.929. The van der Waals surface area contributed by atoms with Gasteiger partial charge < -0.3 is 10.6 Å². The molecule has 0 aromatic rings. The van der Waals surface area contributed by atoms with Crippen LogP contribution in [0.1, 0.15) is 51.9 Å². The Morgan fingerprint density at radius 1 is 1.35 bits per heavy atom. The van der Waals surface area contributed by atoms with Gasteiger partial charge in [-0.05, 0) is 25.2 Å². The molecule has 0 spiro atoms. The maximum Gasteiger partial charge on any atom is 0.230 e. The van der Waals surface area contributed by atoms with Crippen LogP contribution in [-0.2, 0) is 4.79 Å². The number of nitrogens with zero attached hydrogens (tertiary/aromatic N) is 1. The van der Waals surface area contributed by atoms with E-state index in [9.17, 15) is 4.79 Å². The van der Waals surface area contributed by atoms with Crippen LogP contribution >= 0.6 is 0 Å². The first-order valence-electron chi connectivity index (χ1n) is 7.21. The second-order valence-electron chi connectivity index (χ2n) is 5.86. The highest BCUT2D eigenvalue weighted by Crippen LogP contribution is 2.38. The summed E-state index contributed by atoms with van der Waals surface area (Å²) in [6.45, 7) is 4.69. The summed E-state index contributed by atoms with van der Waals surface area (Å²) < 4.78 is 0. The number of likely N-dealkylation sites (tertiary alicyclic amines) is 1. The van der Waals surface area contributed by atoms with Crippen LogP contribution < -0.4 is 5.73 Å². The molecule has 1 saturated heterocycles. The predicted octanol–water partition coefficient (Wildman–Crippen LogP) is 2.15. The Bertz CT molecular complexity index is 271. The number of hydrogen-bond donors (Lipinski definition) is 1. The van der Waals surface area contributed by atoms with E-state index in [2.05, 4.69) is 11.8 Å². The largest absolute Gasteiger partial charge is 0.342 e. The molecule has 17 heavy (non-hydrogen) atoms. The molecule has 1 aliphatic carbocycles. The van der Waals surface area contributed by atoms with Gasteiger partial charge in [0.2, 0.25) is 5.91 Å². The maximum absolute atomic E-state index is 12.7. The molecule has 1 amide bonds. The molecule has 1 saturated carbocycles. The first kappa shape index (κ1) is 12.9. The van der Waals surface area contributed by atoms with Crippen LogP contribution in [0, 0.1) is 11.3 Å². The average Bonchev–Trinajstić information content (AvgIpc) is 2.87. The minimum atomic E-state index is -0.207. The quantitative estimate of drug-likeness (QED) is 0.819. The topological polar surface area (TPSA) is 46.3 Å². The molecular formula is C14H26N2O. The Hall–Kier alpha value is -0.570. The zero-order valence-corrected chi connectivity index (χ0v) is 11.1. The molecule has 0 aromatic heterocycles. The number of amides is 1. The minimum absolute atomic E-state index is 0.207. The summed E-state index contributed by atoms with van der Waals surface area (Å²) in [5.41, 5.74) is 5.72. The Morgan fingerprint density at radius 2 is 2.06 bits per heavy atom. The summed E-state index contributed by atoms with van der Waals surface area (Å²) in [5, 5.41) is 0. The lowest BCUT2D eigenvalue weighted by atomic mass is 9.73. The van der Waals surface area contributed by atoms with Gasteiger partial charge in [0, 0.05) is 19.6 Å². The molecule has 98 valence electrons. The van der Waals surface area contributed by atoms with E-state index in [4.69, 9.17) is 5.73 Å². The van der Waals surface area contributed by atoms with E-state index in [-0.39, 0.29) is 5.41 Å². The van der Waals surface area contributed by atoms with Crippen molar-refractivity contribution in [2.75, 3.05) is 19.6 Å². The van der Waals surface area contributed by atoms with Gasteiger partial charge in [0.25, 0.3) is 0 Å². The maximum atomic E-state index is 12.7. The zero-order valence-electron chi connectivity index (χ0n) is 11.1. The number of carbonyl (C=O) groups excluding carboxylic acids is 1. The van der Waals surface area contributed by atoms with E-state index in [0.29, 0.717) is 12.5 Å². The third kappa shape index (κ3) is 2.49. The lowest BCUT2D eigenvalue weighted by Crippen LogP contribution is -2.48. The summed E-state index contributed by atoms with van der Waals surface area (Å²) >= 11 is 0. The van der Waals surface area contributed by atoms with Crippen LogP contribution in [0.2, 0.25) is 0 Å². The predicted molar refractivity (Wildman–Crippen MR) is 69.6 cm³/mol. The fourth-order valence-corrected chi connectivity index (χ4v) is 3.42. The molecule has 2 N–H and O–H groups in total. The van der Waals surface area contributed by atoms with Gasteiger partial charge in [-0.2, -0.15) is 0 Å². The molecule has 1 heterocycles. The van der Waals surface area contributed by atoms with Crippen LogP contribution in [-0.4, -0.2) is 30.4 Å². The van der Waals surface area contributed by atoms with Gasteiger partial charge in [-0.1, -0.05) is 32.6 Å². The van der Waals surface area contributed by atoms with Crippen molar-refractivity contribution in [3.05, 3.63) is 0 Å². The monoisotopic (exact) mass is 238 g/mol. The van der Waals surface area contributed by atoms with E-state index in [0.717, 1.165) is 31.8 Å². The highest BCUT2D eigenvalue weighted by molar-refractivity contribution is 5.83. The Kier molecular flexibility index (Phi) is 4.08. The SMILES string of the molecule is CCC1CCN(C(=O)C2(CN)CCCCC2)C1. The Morgan fingerprint density at radius 3 is 2.59 bits per heavy atom. The smallest absolute Gasteiger partial charge is 0.230 e. The number of nitrogens with two attached hydrogens (primary N) is 1. The molecule has 2 fully saturated rings. The van der Waals surface area contributed by atoms with E-state index >= 15 is 0 Å². The molecule has 0 aromatic carbocycles. The summed E-state index contributed by atoms with van der Waals surface area (Å²) in [6.07, 6.45) is 8.02. The summed E-state index contributed by atoms with van der Waals surface area (Å²) in [5.74, 6) is 1.08. The van der Waals surface area contributed by atoms with Crippen molar-refractivity contribution < 1.29 is 4.79 Å². The van der Waals surface area contributed by atoms with Crippen molar-refractivity contribution in [2.45, 2.75) is 51.9 Å². The molecule has 1 atom stereocenters. The van der Waals surface area contributed by atoms with Gasteiger partial charge in [0.1, 0.15) is 0 Å². The Balaban J connectivity index is 2.02. The lowest BCUT2D eigenvalue weighted by Gasteiger charge is -2.37. The van der Waals surface area contributed by atoms with Crippen LogP contribution in [0.5, 0.6) is 0 Å². The van der Waals surface area contributed by atoms with E-state index in [1.165, 1.54) is 32.1 Å². The fourth-order valence-electron chi connectivity index (χ4n) is 3.42. The van der Waals surface area contributed by atoms with Crippen molar-refractivity contribution in [2.24, 2.45) is 17.1 Å². The lowest BCUT2D eigenvalue weighted by molar-refractivity contribution is -0.142. The van der Waals surface area contributed by atoms with Crippen molar-refractivity contribution in [1.82, 2.24) is 4.90 Å². The standard InChI is InChI=1S/C14H26N2O/c1-2-12-6-9-16(10-12)13(17)14(11-15)7-4-3-5-8-14/h12H,2-11,15H2,1H3. The van der Waals surface area contributed by atoms with Crippen molar-refractivity contribution in [3.8, 4) is 0 Å². The van der Waals surface area contributed by atoms with Gasteiger partial charge in [0.15, 0.2) is 0 Å². The van der Waals surface area contributed by atoms with Crippen LogP contribution in [0.15, 0.2) is 0 Å². The summed E-state index contributed by atoms with van der Waals surface area (Å²) in [7, 11) is 0. The summed E-state index contributed by atoms with van der Waals surface area (Å²) in [4.78, 5) is 14.8. The zero-order chi connectivity index (χ0) is 12.3. The van der Waals surface area contributed by atoms with Crippen LogP contribution in [0.3, 0.4) is 0 Å². The second-order valence-corrected chi connectivity index (χ2v) is 5.86. The van der Waals surface area contributed by atoms with Crippen molar-refractivity contribution in [1.29, 1.82) is 0 Å².